The molecule has 1 heterocycles. The first-order valence-corrected chi connectivity index (χ1v) is 7.67. The van der Waals surface area contributed by atoms with Crippen molar-refractivity contribution in [1.82, 2.24) is 15.0 Å². The minimum atomic E-state index is -0.0280. The van der Waals surface area contributed by atoms with E-state index in [0.717, 1.165) is 10.6 Å². The quantitative estimate of drug-likeness (QED) is 0.848. The van der Waals surface area contributed by atoms with E-state index >= 15 is 0 Å². The van der Waals surface area contributed by atoms with Gasteiger partial charge >= 0.3 is 6.01 Å². The number of anilines is 2. The maximum atomic E-state index is 5.89. The number of para-hydroxylation sites is 1. The SMILES string of the molecule is CSc1ccccc1Nc1nc(Cl)nc(OC(C)C)n1. The zero-order valence-electron chi connectivity index (χ0n) is 11.4. The van der Waals surface area contributed by atoms with Crippen LogP contribution in [-0.4, -0.2) is 27.3 Å². The van der Waals surface area contributed by atoms with Crippen molar-refractivity contribution < 1.29 is 4.74 Å². The molecule has 106 valence electrons. The van der Waals surface area contributed by atoms with E-state index < -0.39 is 0 Å². The number of benzene rings is 1. The Balaban J connectivity index is 2.26. The molecule has 0 spiro atoms. The van der Waals surface area contributed by atoms with E-state index in [9.17, 15) is 0 Å². The number of nitrogens with zero attached hydrogens (tertiary/aromatic N) is 3. The van der Waals surface area contributed by atoms with Crippen molar-refractivity contribution in [2.75, 3.05) is 11.6 Å². The van der Waals surface area contributed by atoms with Crippen molar-refractivity contribution in [2.24, 2.45) is 0 Å². The van der Waals surface area contributed by atoms with E-state index in [4.69, 9.17) is 16.3 Å². The normalized spacial score (nSPS) is 10.7. The Morgan fingerprint density at radius 3 is 2.65 bits per heavy atom. The number of ether oxygens (including phenoxy) is 1. The van der Waals surface area contributed by atoms with E-state index in [1.54, 1.807) is 11.8 Å². The molecule has 0 aliphatic carbocycles. The van der Waals surface area contributed by atoms with Crippen LogP contribution in [0.3, 0.4) is 0 Å². The lowest BCUT2D eigenvalue weighted by Crippen LogP contribution is -2.10. The second-order valence-corrected chi connectivity index (χ2v) is 5.39. The largest absolute Gasteiger partial charge is 0.461 e. The van der Waals surface area contributed by atoms with Crippen LogP contribution in [0.15, 0.2) is 29.2 Å². The van der Waals surface area contributed by atoms with Crippen molar-refractivity contribution in [1.29, 1.82) is 0 Å². The molecule has 0 radical (unpaired) electrons. The van der Waals surface area contributed by atoms with Gasteiger partial charge in [0.1, 0.15) is 0 Å². The van der Waals surface area contributed by atoms with Crippen LogP contribution in [0.4, 0.5) is 11.6 Å². The first-order chi connectivity index (χ1) is 9.58. The Hall–Kier alpha value is -1.53. The Kier molecular flexibility index (Phi) is 5.03. The number of halogens is 1. The maximum absolute atomic E-state index is 5.89. The summed E-state index contributed by atoms with van der Waals surface area (Å²) in [6.45, 7) is 3.79. The van der Waals surface area contributed by atoms with Crippen LogP contribution in [0.5, 0.6) is 6.01 Å². The summed E-state index contributed by atoms with van der Waals surface area (Å²) in [5.41, 5.74) is 0.915. The molecule has 0 saturated heterocycles. The molecule has 2 aromatic rings. The van der Waals surface area contributed by atoms with Crippen LogP contribution in [0.2, 0.25) is 5.28 Å². The second-order valence-electron chi connectivity index (χ2n) is 4.20. The molecule has 1 N–H and O–H groups in total. The van der Waals surface area contributed by atoms with E-state index in [0.29, 0.717) is 5.95 Å². The Labute approximate surface area is 127 Å². The highest BCUT2D eigenvalue weighted by Crippen LogP contribution is 2.27. The number of aromatic nitrogens is 3. The second kappa shape index (κ2) is 6.76. The average Bonchev–Trinajstić information content (AvgIpc) is 2.37. The van der Waals surface area contributed by atoms with Crippen LogP contribution >= 0.6 is 23.4 Å². The molecule has 0 aliphatic rings. The minimum Gasteiger partial charge on any atom is -0.461 e. The van der Waals surface area contributed by atoms with Crippen LogP contribution in [0, 0.1) is 0 Å². The highest BCUT2D eigenvalue weighted by atomic mass is 35.5. The summed E-state index contributed by atoms with van der Waals surface area (Å²) < 4.78 is 5.44. The van der Waals surface area contributed by atoms with Gasteiger partial charge in [-0.3, -0.25) is 0 Å². The molecule has 0 atom stereocenters. The molecule has 0 amide bonds. The van der Waals surface area contributed by atoms with Gasteiger partial charge < -0.3 is 10.1 Å². The summed E-state index contributed by atoms with van der Waals surface area (Å²) in [5.74, 6) is 0.363. The van der Waals surface area contributed by atoms with Crippen LogP contribution in [0.25, 0.3) is 0 Å². The highest BCUT2D eigenvalue weighted by molar-refractivity contribution is 7.98. The molecule has 0 bridgehead atoms. The van der Waals surface area contributed by atoms with Crippen LogP contribution < -0.4 is 10.1 Å². The molecular formula is C13H15ClN4OS. The highest BCUT2D eigenvalue weighted by Gasteiger charge is 2.09. The molecular weight excluding hydrogens is 296 g/mol. The fourth-order valence-corrected chi connectivity index (χ4v) is 2.23. The Morgan fingerprint density at radius 2 is 1.95 bits per heavy atom. The van der Waals surface area contributed by atoms with Crippen molar-refractivity contribution in [2.45, 2.75) is 24.8 Å². The van der Waals surface area contributed by atoms with Gasteiger partial charge in [-0.2, -0.15) is 15.0 Å². The van der Waals surface area contributed by atoms with Crippen molar-refractivity contribution in [3.8, 4) is 6.01 Å². The fourth-order valence-electron chi connectivity index (χ4n) is 1.52. The zero-order valence-corrected chi connectivity index (χ0v) is 13.0. The number of hydrogen-bond donors (Lipinski definition) is 1. The van der Waals surface area contributed by atoms with Gasteiger partial charge in [0.05, 0.1) is 11.8 Å². The van der Waals surface area contributed by atoms with Gasteiger partial charge in [0.15, 0.2) is 0 Å². The molecule has 0 unspecified atom stereocenters. The van der Waals surface area contributed by atoms with Gasteiger partial charge in [0, 0.05) is 4.90 Å². The summed E-state index contributed by atoms with van der Waals surface area (Å²) in [6.07, 6.45) is 1.98. The number of thioether (sulfide) groups is 1. The lowest BCUT2D eigenvalue weighted by atomic mass is 10.3. The lowest BCUT2D eigenvalue weighted by molar-refractivity contribution is 0.222. The average molecular weight is 311 g/mol. The molecule has 0 fully saturated rings. The number of rotatable bonds is 5. The molecule has 20 heavy (non-hydrogen) atoms. The van der Waals surface area contributed by atoms with Crippen molar-refractivity contribution in [3.63, 3.8) is 0 Å². The van der Waals surface area contributed by atoms with Crippen LogP contribution in [-0.2, 0) is 0 Å². The van der Waals surface area contributed by atoms with E-state index in [1.807, 2.05) is 44.4 Å². The smallest absolute Gasteiger partial charge is 0.322 e. The minimum absolute atomic E-state index is 0.0280. The first-order valence-electron chi connectivity index (χ1n) is 6.06. The third kappa shape index (κ3) is 3.98. The molecule has 0 saturated carbocycles. The summed E-state index contributed by atoms with van der Waals surface area (Å²) in [5, 5.41) is 3.23. The van der Waals surface area contributed by atoms with Gasteiger partial charge in [0.2, 0.25) is 11.2 Å². The number of nitrogens with one attached hydrogen (secondary N) is 1. The van der Waals surface area contributed by atoms with Gasteiger partial charge in [-0.1, -0.05) is 12.1 Å². The van der Waals surface area contributed by atoms with Gasteiger partial charge in [0.25, 0.3) is 0 Å². The van der Waals surface area contributed by atoms with E-state index in [1.165, 1.54) is 0 Å². The van der Waals surface area contributed by atoms with Crippen molar-refractivity contribution in [3.05, 3.63) is 29.5 Å². The van der Waals surface area contributed by atoms with E-state index in [-0.39, 0.29) is 17.4 Å². The van der Waals surface area contributed by atoms with Crippen LogP contribution in [0.1, 0.15) is 13.8 Å². The third-order valence-electron chi connectivity index (χ3n) is 2.28. The number of hydrogen-bond acceptors (Lipinski definition) is 6. The summed E-state index contributed by atoms with van der Waals surface area (Å²) >= 11 is 7.52. The predicted molar refractivity (Wildman–Crippen MR) is 82.1 cm³/mol. The topological polar surface area (TPSA) is 59.9 Å². The van der Waals surface area contributed by atoms with Gasteiger partial charge in [-0.15, -0.1) is 11.8 Å². The predicted octanol–water partition coefficient (Wildman–Crippen LogP) is 3.78. The molecule has 7 heteroatoms. The fraction of sp³-hybridized carbons (Fsp3) is 0.308. The van der Waals surface area contributed by atoms with Gasteiger partial charge in [-0.05, 0) is 43.8 Å². The maximum Gasteiger partial charge on any atom is 0.322 e. The van der Waals surface area contributed by atoms with Gasteiger partial charge in [-0.25, -0.2) is 0 Å². The molecule has 1 aromatic carbocycles. The molecule has 5 nitrogen and oxygen atoms in total. The summed E-state index contributed by atoms with van der Waals surface area (Å²) in [7, 11) is 0. The first kappa shape index (κ1) is 14.9. The molecule has 2 rings (SSSR count). The monoisotopic (exact) mass is 310 g/mol. The summed E-state index contributed by atoms with van der Waals surface area (Å²) in [4.78, 5) is 13.3. The van der Waals surface area contributed by atoms with E-state index in [2.05, 4.69) is 20.3 Å². The van der Waals surface area contributed by atoms with Crippen molar-refractivity contribution >= 4 is 35.0 Å². The Bertz CT molecular complexity index is 594. The standard InChI is InChI=1S/C13H15ClN4OS/c1-8(2)19-13-17-11(14)16-12(18-13)15-9-6-4-5-7-10(9)20-3/h4-8H,1-3H3,(H,15,16,17,18). The summed E-state index contributed by atoms with van der Waals surface area (Å²) in [6, 6.07) is 8.10. The molecule has 1 aromatic heterocycles. The third-order valence-corrected chi connectivity index (χ3v) is 3.25. The lowest BCUT2D eigenvalue weighted by Gasteiger charge is -2.11. The molecule has 0 aliphatic heterocycles. The Morgan fingerprint density at radius 1 is 1.20 bits per heavy atom. The zero-order chi connectivity index (χ0) is 14.5.